The molecule has 1 heterocycles. The van der Waals surface area contributed by atoms with Gasteiger partial charge in [-0.2, -0.15) is 0 Å². The number of amides is 1. The molecule has 0 aliphatic heterocycles. The fourth-order valence-electron chi connectivity index (χ4n) is 3.01. The molecule has 0 atom stereocenters. The summed E-state index contributed by atoms with van der Waals surface area (Å²) in [5.74, 6) is -0.120. The van der Waals surface area contributed by atoms with E-state index < -0.39 is 5.63 Å². The van der Waals surface area contributed by atoms with Crippen molar-refractivity contribution in [3.63, 3.8) is 0 Å². The quantitative estimate of drug-likeness (QED) is 0.472. The second kappa shape index (κ2) is 8.82. The van der Waals surface area contributed by atoms with E-state index in [-0.39, 0.29) is 12.5 Å². The van der Waals surface area contributed by atoms with Gasteiger partial charge in [-0.25, -0.2) is 4.79 Å². The molecule has 0 saturated heterocycles. The van der Waals surface area contributed by atoms with Crippen LogP contribution in [0.3, 0.4) is 0 Å². The number of para-hydroxylation sites is 1. The van der Waals surface area contributed by atoms with Crippen LogP contribution in [-0.2, 0) is 11.3 Å². The van der Waals surface area contributed by atoms with E-state index in [0.717, 1.165) is 27.1 Å². The molecular weight excluding hydrogens is 396 g/mol. The maximum Gasteiger partial charge on any atom is 0.336 e. The standard InChI is InChI=1S/C21H21ClN2O3S/c1-13-8-18-15(10-16(13)22)14(9-21(26)27-18)11-24(2)12-20(25)23-17-6-4-5-7-19(17)28-3/h4-10H,11-12H2,1-3H3,(H,23,25). The lowest BCUT2D eigenvalue weighted by atomic mass is 10.1. The Balaban J connectivity index is 1.76. The summed E-state index contributed by atoms with van der Waals surface area (Å²) in [7, 11) is 1.83. The Kier molecular flexibility index (Phi) is 6.44. The highest BCUT2D eigenvalue weighted by molar-refractivity contribution is 7.98. The van der Waals surface area contributed by atoms with Gasteiger partial charge >= 0.3 is 5.63 Å². The fourth-order valence-corrected chi connectivity index (χ4v) is 3.73. The highest BCUT2D eigenvalue weighted by Gasteiger charge is 2.13. The topological polar surface area (TPSA) is 62.6 Å². The van der Waals surface area contributed by atoms with Crippen LogP contribution >= 0.6 is 23.4 Å². The van der Waals surface area contributed by atoms with Gasteiger partial charge in [0.1, 0.15) is 5.58 Å². The minimum atomic E-state index is -0.420. The number of nitrogens with zero attached hydrogens (tertiary/aromatic N) is 1. The van der Waals surface area contributed by atoms with Gasteiger partial charge in [0.15, 0.2) is 0 Å². The van der Waals surface area contributed by atoms with Crippen LogP contribution in [0.15, 0.2) is 56.6 Å². The van der Waals surface area contributed by atoms with Crippen molar-refractivity contribution in [3.8, 4) is 0 Å². The normalized spacial score (nSPS) is 11.2. The van der Waals surface area contributed by atoms with Crippen LogP contribution in [0.4, 0.5) is 5.69 Å². The maximum atomic E-state index is 12.4. The first-order valence-corrected chi connectivity index (χ1v) is 10.3. The molecule has 1 aromatic heterocycles. The molecule has 1 N–H and O–H groups in total. The number of hydrogen-bond donors (Lipinski definition) is 1. The van der Waals surface area contributed by atoms with Gasteiger partial charge in [0.25, 0.3) is 0 Å². The first kappa shape index (κ1) is 20.5. The minimum Gasteiger partial charge on any atom is -0.423 e. The van der Waals surface area contributed by atoms with Crippen molar-refractivity contribution in [2.24, 2.45) is 0 Å². The van der Waals surface area contributed by atoms with Gasteiger partial charge in [-0.15, -0.1) is 11.8 Å². The third-order valence-corrected chi connectivity index (χ3v) is 5.55. The Morgan fingerprint density at radius 2 is 2.00 bits per heavy atom. The van der Waals surface area contributed by atoms with E-state index in [1.165, 1.54) is 6.07 Å². The van der Waals surface area contributed by atoms with Crippen LogP contribution in [0.25, 0.3) is 11.0 Å². The number of carbonyl (C=O) groups is 1. The smallest absolute Gasteiger partial charge is 0.336 e. The first-order chi connectivity index (χ1) is 13.4. The lowest BCUT2D eigenvalue weighted by Gasteiger charge is -2.18. The molecule has 1 amide bonds. The molecule has 0 aliphatic rings. The van der Waals surface area contributed by atoms with Gasteiger partial charge in [-0.3, -0.25) is 9.69 Å². The van der Waals surface area contributed by atoms with Gasteiger partial charge in [0, 0.05) is 27.9 Å². The Morgan fingerprint density at radius 3 is 2.75 bits per heavy atom. The third-order valence-electron chi connectivity index (χ3n) is 4.34. The summed E-state index contributed by atoms with van der Waals surface area (Å²) < 4.78 is 5.29. The van der Waals surface area contributed by atoms with Gasteiger partial charge in [0.05, 0.1) is 12.2 Å². The summed E-state index contributed by atoms with van der Waals surface area (Å²) in [5.41, 5.74) is 2.48. The molecule has 3 aromatic rings. The number of carbonyl (C=O) groups excluding carboxylic acids is 1. The van der Waals surface area contributed by atoms with E-state index >= 15 is 0 Å². The predicted molar refractivity (Wildman–Crippen MR) is 115 cm³/mol. The van der Waals surface area contributed by atoms with Gasteiger partial charge in [-0.1, -0.05) is 23.7 Å². The van der Waals surface area contributed by atoms with Crippen molar-refractivity contribution in [1.82, 2.24) is 4.90 Å². The van der Waals surface area contributed by atoms with Gasteiger partial charge in [0.2, 0.25) is 5.91 Å². The van der Waals surface area contributed by atoms with E-state index in [1.54, 1.807) is 23.9 Å². The average Bonchev–Trinajstić information content (AvgIpc) is 2.63. The maximum absolute atomic E-state index is 12.4. The number of anilines is 1. The van der Waals surface area contributed by atoms with Crippen LogP contribution in [0.2, 0.25) is 5.02 Å². The monoisotopic (exact) mass is 416 g/mol. The number of rotatable bonds is 6. The van der Waals surface area contributed by atoms with Crippen molar-refractivity contribution in [1.29, 1.82) is 0 Å². The molecule has 28 heavy (non-hydrogen) atoms. The number of halogens is 1. The molecule has 146 valence electrons. The number of hydrogen-bond acceptors (Lipinski definition) is 5. The van der Waals surface area contributed by atoms with Crippen LogP contribution in [0.1, 0.15) is 11.1 Å². The second-order valence-electron chi connectivity index (χ2n) is 6.61. The summed E-state index contributed by atoms with van der Waals surface area (Å²) in [5, 5.41) is 4.32. The summed E-state index contributed by atoms with van der Waals surface area (Å²) in [4.78, 5) is 27.2. The van der Waals surface area contributed by atoms with Crippen molar-refractivity contribution in [2.45, 2.75) is 18.4 Å². The summed E-state index contributed by atoms with van der Waals surface area (Å²) >= 11 is 7.82. The second-order valence-corrected chi connectivity index (χ2v) is 7.86. The van der Waals surface area contributed by atoms with Gasteiger partial charge < -0.3 is 9.73 Å². The van der Waals surface area contributed by atoms with Crippen molar-refractivity contribution < 1.29 is 9.21 Å². The summed E-state index contributed by atoms with van der Waals surface area (Å²) in [6.07, 6.45) is 1.97. The summed E-state index contributed by atoms with van der Waals surface area (Å²) in [6, 6.07) is 12.7. The average molecular weight is 417 g/mol. The fraction of sp³-hybridized carbons (Fsp3) is 0.238. The number of benzene rings is 2. The van der Waals surface area contributed by atoms with E-state index in [9.17, 15) is 9.59 Å². The molecule has 0 unspecified atom stereocenters. The minimum absolute atomic E-state index is 0.120. The number of fused-ring (bicyclic) bond motifs is 1. The zero-order valence-electron chi connectivity index (χ0n) is 15.9. The third kappa shape index (κ3) is 4.76. The Bertz CT molecular complexity index is 1080. The number of thioether (sulfide) groups is 1. The van der Waals surface area contributed by atoms with E-state index in [0.29, 0.717) is 17.2 Å². The van der Waals surface area contributed by atoms with E-state index in [2.05, 4.69) is 5.32 Å². The van der Waals surface area contributed by atoms with Gasteiger partial charge in [-0.05, 0) is 55.6 Å². The van der Waals surface area contributed by atoms with Crippen LogP contribution in [-0.4, -0.2) is 30.7 Å². The Hall–Kier alpha value is -2.28. The first-order valence-electron chi connectivity index (χ1n) is 8.71. The largest absolute Gasteiger partial charge is 0.423 e. The number of likely N-dealkylation sites (N-methyl/N-ethyl adjacent to an activating group) is 1. The number of nitrogens with one attached hydrogen (secondary N) is 1. The van der Waals surface area contributed by atoms with E-state index in [1.807, 2.05) is 49.4 Å². The highest BCUT2D eigenvalue weighted by atomic mass is 35.5. The van der Waals surface area contributed by atoms with Crippen molar-refractivity contribution >= 4 is 45.9 Å². The molecule has 0 spiro atoms. The molecule has 0 aliphatic carbocycles. The van der Waals surface area contributed by atoms with Crippen molar-refractivity contribution in [2.75, 3.05) is 25.2 Å². The molecule has 0 bridgehead atoms. The lowest BCUT2D eigenvalue weighted by molar-refractivity contribution is -0.117. The molecule has 0 fully saturated rings. The van der Waals surface area contributed by atoms with Crippen LogP contribution in [0, 0.1) is 6.92 Å². The Morgan fingerprint density at radius 1 is 1.25 bits per heavy atom. The molecule has 2 aromatic carbocycles. The molecule has 0 radical (unpaired) electrons. The van der Waals surface area contributed by atoms with Crippen molar-refractivity contribution in [3.05, 3.63) is 69.0 Å². The lowest BCUT2D eigenvalue weighted by Crippen LogP contribution is -2.30. The summed E-state index contributed by atoms with van der Waals surface area (Å²) in [6.45, 7) is 2.46. The molecule has 3 rings (SSSR count). The zero-order valence-corrected chi connectivity index (χ0v) is 17.5. The molecule has 7 heteroatoms. The Labute approximate surface area is 172 Å². The number of aryl methyl sites for hydroxylation is 1. The molecule has 0 saturated carbocycles. The predicted octanol–water partition coefficient (Wildman–Crippen LogP) is 4.55. The van der Waals surface area contributed by atoms with E-state index in [4.69, 9.17) is 16.0 Å². The van der Waals surface area contributed by atoms with Crippen LogP contribution in [0.5, 0.6) is 0 Å². The van der Waals surface area contributed by atoms with Crippen LogP contribution < -0.4 is 10.9 Å². The molecule has 5 nitrogen and oxygen atoms in total. The highest BCUT2D eigenvalue weighted by Crippen LogP contribution is 2.26. The molecular formula is C21H21ClN2O3S. The zero-order chi connectivity index (χ0) is 20.3. The SMILES string of the molecule is CSc1ccccc1NC(=O)CN(C)Cc1cc(=O)oc2cc(C)c(Cl)cc12.